The van der Waals surface area contributed by atoms with E-state index >= 15 is 0 Å². The number of hydrogen-bond donors (Lipinski definition) is 1. The van der Waals surface area contributed by atoms with E-state index in [0.717, 1.165) is 31.2 Å². The Morgan fingerprint density at radius 3 is 2.30 bits per heavy atom. The lowest BCUT2D eigenvalue weighted by Gasteiger charge is -2.08. The maximum Gasteiger partial charge on any atom is 0.432 e. The highest BCUT2D eigenvalue weighted by atomic mass is 32.2. The largest absolute Gasteiger partial charge is 0.448 e. The second kappa shape index (κ2) is 10.7. The number of hydrogen-bond acceptors (Lipinski definition) is 5. The molecule has 0 heterocycles. The second-order valence-electron chi connectivity index (χ2n) is 6.24. The molecule has 2 rings (SSSR count). The zero-order chi connectivity index (χ0) is 19.5. The number of ether oxygens (including phenoxy) is 1. The van der Waals surface area contributed by atoms with Gasteiger partial charge in [-0.25, -0.2) is 4.79 Å². The Morgan fingerprint density at radius 1 is 0.926 bits per heavy atom. The number of unbranched alkanes of at least 4 members (excludes halogenated alkanes) is 3. The predicted octanol–water partition coefficient (Wildman–Crippen LogP) is 4.14. The molecule has 0 aliphatic carbocycles. The third-order valence-corrected chi connectivity index (χ3v) is 5.13. The number of benzene rings is 2. The van der Waals surface area contributed by atoms with Crippen molar-refractivity contribution in [2.45, 2.75) is 43.9 Å². The minimum atomic E-state index is -4.05. The maximum atomic E-state index is 11.9. The predicted molar refractivity (Wildman–Crippen MR) is 103 cm³/mol. The fourth-order valence-electron chi connectivity index (χ4n) is 2.47. The van der Waals surface area contributed by atoms with Crippen LogP contribution >= 0.6 is 0 Å². The molecule has 0 bridgehead atoms. The Hall–Kier alpha value is -2.38. The molecule has 0 atom stereocenters. The van der Waals surface area contributed by atoms with Gasteiger partial charge in [-0.2, -0.15) is 13.9 Å². The van der Waals surface area contributed by atoms with Crippen molar-refractivity contribution in [1.29, 1.82) is 0 Å². The van der Waals surface area contributed by atoms with Crippen LogP contribution < -0.4 is 5.48 Å². The van der Waals surface area contributed by atoms with Crippen molar-refractivity contribution in [3.8, 4) is 0 Å². The standard InChI is InChI=1S/C20H25NO5S/c1-17-12-14-19(15-13-17)27(23,24)26-21-20(22)25-16-8-3-2-5-9-18-10-6-4-7-11-18/h4,6-7,10-15H,2-3,5,8-9,16H2,1H3,(H,21,22). The van der Waals surface area contributed by atoms with Crippen LogP contribution in [0.15, 0.2) is 59.5 Å². The van der Waals surface area contributed by atoms with Gasteiger partial charge in [0.05, 0.1) is 11.5 Å². The molecule has 2 aromatic carbocycles. The average molecular weight is 391 g/mol. The van der Waals surface area contributed by atoms with Crippen LogP contribution in [0.3, 0.4) is 0 Å². The number of rotatable bonds is 10. The van der Waals surface area contributed by atoms with Crippen molar-refractivity contribution >= 4 is 16.2 Å². The van der Waals surface area contributed by atoms with Crippen LogP contribution in [0.5, 0.6) is 0 Å². The zero-order valence-electron chi connectivity index (χ0n) is 15.4. The summed E-state index contributed by atoms with van der Waals surface area (Å²) in [5.74, 6) is 0. The van der Waals surface area contributed by atoms with Crippen LogP contribution in [0.4, 0.5) is 4.79 Å². The molecule has 0 aliphatic rings. The second-order valence-corrected chi connectivity index (χ2v) is 7.78. The van der Waals surface area contributed by atoms with E-state index in [1.54, 1.807) is 12.1 Å². The van der Waals surface area contributed by atoms with Crippen molar-refractivity contribution < 1.29 is 22.2 Å². The van der Waals surface area contributed by atoms with E-state index in [9.17, 15) is 13.2 Å². The van der Waals surface area contributed by atoms with E-state index in [1.807, 2.05) is 30.6 Å². The number of aryl methyl sites for hydroxylation is 2. The summed E-state index contributed by atoms with van der Waals surface area (Å²) in [4.78, 5) is 11.5. The summed E-state index contributed by atoms with van der Waals surface area (Å²) in [6, 6.07) is 16.4. The van der Waals surface area contributed by atoms with E-state index in [4.69, 9.17) is 4.74 Å². The summed E-state index contributed by atoms with van der Waals surface area (Å²) >= 11 is 0. The fourth-order valence-corrected chi connectivity index (χ4v) is 3.21. The maximum absolute atomic E-state index is 11.9. The van der Waals surface area contributed by atoms with Gasteiger partial charge in [0.25, 0.3) is 0 Å². The van der Waals surface area contributed by atoms with Crippen molar-refractivity contribution in [3.05, 3.63) is 65.7 Å². The molecule has 0 unspecified atom stereocenters. The van der Waals surface area contributed by atoms with Crippen LogP contribution in [0.1, 0.15) is 36.8 Å². The van der Waals surface area contributed by atoms with E-state index in [1.165, 1.54) is 17.7 Å². The van der Waals surface area contributed by atoms with Gasteiger partial charge in [-0.15, -0.1) is 4.28 Å². The van der Waals surface area contributed by atoms with Gasteiger partial charge in [-0.05, 0) is 43.9 Å². The van der Waals surface area contributed by atoms with Gasteiger partial charge in [-0.1, -0.05) is 60.9 Å². The molecule has 0 aromatic heterocycles. The van der Waals surface area contributed by atoms with Gasteiger partial charge in [0, 0.05) is 0 Å². The third-order valence-electron chi connectivity index (χ3n) is 3.98. The lowest BCUT2D eigenvalue weighted by atomic mass is 10.1. The van der Waals surface area contributed by atoms with E-state index in [-0.39, 0.29) is 11.5 Å². The van der Waals surface area contributed by atoms with Crippen molar-refractivity contribution in [2.75, 3.05) is 6.61 Å². The Labute approximate surface area is 160 Å². The highest BCUT2D eigenvalue weighted by Gasteiger charge is 2.17. The summed E-state index contributed by atoms with van der Waals surface area (Å²) in [5, 5.41) is 0. The van der Waals surface area contributed by atoms with Crippen LogP contribution in [0.25, 0.3) is 0 Å². The van der Waals surface area contributed by atoms with Gasteiger partial charge in [0.1, 0.15) is 0 Å². The third kappa shape index (κ3) is 7.80. The first-order valence-corrected chi connectivity index (χ1v) is 10.3. The quantitative estimate of drug-likeness (QED) is 0.486. The molecule has 7 heteroatoms. The summed E-state index contributed by atoms with van der Waals surface area (Å²) in [7, 11) is -4.05. The number of hydroxylamine groups is 1. The van der Waals surface area contributed by atoms with Crippen molar-refractivity contribution in [3.63, 3.8) is 0 Å². The topological polar surface area (TPSA) is 81.7 Å². The fraction of sp³-hybridized carbons (Fsp3) is 0.350. The number of carbonyl (C=O) groups is 1. The molecule has 0 saturated heterocycles. The average Bonchev–Trinajstić information content (AvgIpc) is 2.67. The van der Waals surface area contributed by atoms with E-state index in [2.05, 4.69) is 16.4 Å². The van der Waals surface area contributed by atoms with Gasteiger partial charge >= 0.3 is 16.2 Å². The lowest BCUT2D eigenvalue weighted by molar-refractivity contribution is 0.101. The van der Waals surface area contributed by atoms with Gasteiger partial charge < -0.3 is 4.74 Å². The molecule has 0 aliphatic heterocycles. The smallest absolute Gasteiger partial charge is 0.432 e. The first-order chi connectivity index (χ1) is 13.0. The van der Waals surface area contributed by atoms with Gasteiger partial charge in [0.2, 0.25) is 0 Å². The Kier molecular flexibility index (Phi) is 8.29. The molecule has 146 valence electrons. The lowest BCUT2D eigenvalue weighted by Crippen LogP contribution is -2.28. The molecule has 0 spiro atoms. The molecule has 1 N–H and O–H groups in total. The molecule has 6 nitrogen and oxygen atoms in total. The van der Waals surface area contributed by atoms with Gasteiger partial charge in [-0.3, -0.25) is 0 Å². The summed E-state index contributed by atoms with van der Waals surface area (Å²) in [6.45, 7) is 2.06. The van der Waals surface area contributed by atoms with Crippen LogP contribution in [0, 0.1) is 6.92 Å². The van der Waals surface area contributed by atoms with Crippen LogP contribution in [0.2, 0.25) is 0 Å². The Balaban J connectivity index is 1.56. The molecule has 0 fully saturated rings. The normalized spacial score (nSPS) is 11.1. The highest BCUT2D eigenvalue weighted by molar-refractivity contribution is 7.86. The molecule has 27 heavy (non-hydrogen) atoms. The van der Waals surface area contributed by atoms with Crippen LogP contribution in [-0.4, -0.2) is 21.1 Å². The Morgan fingerprint density at radius 2 is 1.59 bits per heavy atom. The molecular formula is C20H25NO5S. The SMILES string of the molecule is Cc1ccc(S(=O)(=O)ONC(=O)OCCCCCCc2ccccc2)cc1. The number of nitrogens with one attached hydrogen (secondary N) is 1. The zero-order valence-corrected chi connectivity index (χ0v) is 16.2. The molecule has 0 saturated carbocycles. The molecular weight excluding hydrogens is 366 g/mol. The van der Waals surface area contributed by atoms with E-state index < -0.39 is 16.2 Å². The van der Waals surface area contributed by atoms with Crippen molar-refractivity contribution in [2.24, 2.45) is 0 Å². The molecule has 1 amide bonds. The minimum absolute atomic E-state index is 0.0354. The first kappa shape index (κ1) is 20.9. The summed E-state index contributed by atoms with van der Waals surface area (Å²) in [6.07, 6.45) is 3.88. The number of carbonyl (C=O) groups excluding carboxylic acids is 1. The highest BCUT2D eigenvalue weighted by Crippen LogP contribution is 2.12. The van der Waals surface area contributed by atoms with Crippen molar-refractivity contribution in [1.82, 2.24) is 5.48 Å². The minimum Gasteiger partial charge on any atom is -0.448 e. The van der Waals surface area contributed by atoms with Gasteiger partial charge in [0.15, 0.2) is 0 Å². The Bertz CT molecular complexity index is 804. The van der Waals surface area contributed by atoms with Crippen LogP contribution in [-0.2, 0) is 25.6 Å². The first-order valence-electron chi connectivity index (χ1n) is 8.94. The van der Waals surface area contributed by atoms with E-state index in [0.29, 0.717) is 6.42 Å². The number of amides is 1. The molecule has 2 aromatic rings. The summed E-state index contributed by atoms with van der Waals surface area (Å²) in [5.41, 5.74) is 4.05. The summed E-state index contributed by atoms with van der Waals surface area (Å²) < 4.78 is 33.3. The molecule has 0 radical (unpaired) electrons. The monoisotopic (exact) mass is 391 g/mol.